The van der Waals surface area contributed by atoms with E-state index in [-0.39, 0.29) is 0 Å². The Morgan fingerprint density at radius 3 is 1.66 bits per heavy atom. The Hall–Kier alpha value is -7.63. The molecule has 3 heterocycles. The topological polar surface area (TPSA) is 56.7 Å². The van der Waals surface area contributed by atoms with E-state index in [0.717, 1.165) is 72.1 Å². The van der Waals surface area contributed by atoms with Crippen LogP contribution in [0, 0.1) is 0 Å². The summed E-state index contributed by atoms with van der Waals surface area (Å²) in [7, 11) is 0. The Kier molecular flexibility index (Phi) is 7.42. The van der Waals surface area contributed by atoms with Gasteiger partial charge in [0.05, 0.1) is 11.0 Å². The summed E-state index contributed by atoms with van der Waals surface area (Å²) in [4.78, 5) is 15.0. The summed E-state index contributed by atoms with van der Waals surface area (Å²) in [5, 5.41) is 4.60. The molecule has 0 bridgehead atoms. The van der Waals surface area contributed by atoms with Crippen LogP contribution in [-0.4, -0.2) is 19.5 Å². The van der Waals surface area contributed by atoms with Crippen LogP contribution >= 0.6 is 0 Å². The van der Waals surface area contributed by atoms with E-state index in [4.69, 9.17) is 19.4 Å². The van der Waals surface area contributed by atoms with Crippen molar-refractivity contribution in [2.24, 2.45) is 0 Å². The molecular weight excluding hydrogens is 685 g/mol. The summed E-state index contributed by atoms with van der Waals surface area (Å²) in [6.07, 6.45) is 0. The summed E-state index contributed by atoms with van der Waals surface area (Å²) in [5.74, 6) is 1.88. The standard InChI is InChI=1S/C51H32N4O/c1-4-14-33(15-5-1)37-18-12-19-38(30-37)51-53-49(35-16-6-2-7-17-35)52-50(54-51)36-28-26-34(27-29-36)40-23-13-25-46-48(40)43-31-42-41-22-10-11-24-44(41)55(39-20-8-3-9-21-39)45(42)32-47(43)56-46/h1-32H. The van der Waals surface area contributed by atoms with Crippen molar-refractivity contribution in [2.75, 3.05) is 0 Å². The Balaban J connectivity index is 1.03. The molecule has 11 rings (SSSR count). The predicted octanol–water partition coefficient (Wildman–Crippen LogP) is 13.2. The minimum absolute atomic E-state index is 0.620. The van der Waals surface area contributed by atoms with Crippen molar-refractivity contribution in [2.45, 2.75) is 0 Å². The molecule has 0 N–H and O–H groups in total. The molecule has 0 unspecified atom stereocenters. The van der Waals surface area contributed by atoms with Gasteiger partial charge in [-0.3, -0.25) is 0 Å². The molecule has 5 nitrogen and oxygen atoms in total. The maximum absolute atomic E-state index is 6.61. The number of nitrogens with zero attached hydrogens (tertiary/aromatic N) is 4. The molecule has 0 saturated carbocycles. The molecule has 3 aromatic heterocycles. The van der Waals surface area contributed by atoms with Gasteiger partial charge in [0.1, 0.15) is 11.2 Å². The summed E-state index contributed by atoms with van der Waals surface area (Å²) in [6.45, 7) is 0. The zero-order valence-electron chi connectivity index (χ0n) is 30.2. The molecule has 5 heteroatoms. The molecule has 0 spiro atoms. The fourth-order valence-electron chi connectivity index (χ4n) is 8.00. The quantitative estimate of drug-likeness (QED) is 0.172. The van der Waals surface area contributed by atoms with E-state index in [1.807, 2.05) is 36.4 Å². The van der Waals surface area contributed by atoms with Crippen LogP contribution in [0.15, 0.2) is 199 Å². The lowest BCUT2D eigenvalue weighted by molar-refractivity contribution is 0.669. The first-order chi connectivity index (χ1) is 27.7. The molecule has 0 aliphatic carbocycles. The van der Waals surface area contributed by atoms with Gasteiger partial charge in [0.25, 0.3) is 0 Å². The molecule has 0 atom stereocenters. The van der Waals surface area contributed by atoms with Crippen LogP contribution in [0.2, 0.25) is 0 Å². The van der Waals surface area contributed by atoms with E-state index >= 15 is 0 Å². The fraction of sp³-hybridized carbons (Fsp3) is 0. The van der Waals surface area contributed by atoms with Crippen LogP contribution in [0.4, 0.5) is 0 Å². The number of rotatable bonds is 6. The van der Waals surface area contributed by atoms with E-state index < -0.39 is 0 Å². The van der Waals surface area contributed by atoms with Gasteiger partial charge in [-0.15, -0.1) is 0 Å². The maximum Gasteiger partial charge on any atom is 0.164 e. The smallest absolute Gasteiger partial charge is 0.164 e. The second-order valence-electron chi connectivity index (χ2n) is 14.0. The average Bonchev–Trinajstić information content (AvgIpc) is 3.81. The molecule has 0 saturated heterocycles. The summed E-state index contributed by atoms with van der Waals surface area (Å²) in [5.41, 5.74) is 12.4. The molecule has 8 aromatic carbocycles. The highest BCUT2D eigenvalue weighted by Gasteiger charge is 2.19. The lowest BCUT2D eigenvalue weighted by Gasteiger charge is -2.10. The number of benzene rings is 8. The molecule has 11 aromatic rings. The average molecular weight is 717 g/mol. The van der Waals surface area contributed by atoms with Gasteiger partial charge in [-0.25, -0.2) is 15.0 Å². The van der Waals surface area contributed by atoms with Gasteiger partial charge in [-0.1, -0.05) is 152 Å². The maximum atomic E-state index is 6.61. The highest BCUT2D eigenvalue weighted by molar-refractivity contribution is 6.20. The van der Waals surface area contributed by atoms with Crippen LogP contribution in [0.25, 0.3) is 106 Å². The largest absolute Gasteiger partial charge is 0.456 e. The number of aromatic nitrogens is 4. The highest BCUT2D eigenvalue weighted by atomic mass is 16.3. The number of hydrogen-bond donors (Lipinski definition) is 0. The van der Waals surface area contributed by atoms with Crippen LogP contribution in [-0.2, 0) is 0 Å². The SMILES string of the molecule is c1ccc(-c2cccc(-c3nc(-c4ccccc4)nc(-c4ccc(-c5cccc6oc7cc8c(cc7c56)c5ccccc5n8-c5ccccc5)cc4)n3)c2)cc1. The lowest BCUT2D eigenvalue weighted by Crippen LogP contribution is -2.00. The van der Waals surface area contributed by atoms with Gasteiger partial charge in [0.15, 0.2) is 17.5 Å². The number of fused-ring (bicyclic) bond motifs is 6. The van der Waals surface area contributed by atoms with Crippen molar-refractivity contribution >= 4 is 43.7 Å². The molecular formula is C51H32N4O. The third-order valence-electron chi connectivity index (χ3n) is 10.7. The van der Waals surface area contributed by atoms with Crippen molar-refractivity contribution in [3.05, 3.63) is 194 Å². The minimum atomic E-state index is 0.620. The van der Waals surface area contributed by atoms with E-state index in [9.17, 15) is 0 Å². The predicted molar refractivity (Wildman–Crippen MR) is 229 cm³/mol. The Morgan fingerprint density at radius 1 is 0.339 bits per heavy atom. The minimum Gasteiger partial charge on any atom is -0.456 e. The van der Waals surface area contributed by atoms with Crippen LogP contribution in [0.5, 0.6) is 0 Å². The Bertz CT molecular complexity index is 3220. The molecule has 262 valence electrons. The van der Waals surface area contributed by atoms with E-state index in [1.54, 1.807) is 0 Å². The zero-order chi connectivity index (χ0) is 37.0. The van der Waals surface area contributed by atoms with Crippen LogP contribution < -0.4 is 0 Å². The van der Waals surface area contributed by atoms with Gasteiger partial charge < -0.3 is 8.98 Å². The lowest BCUT2D eigenvalue weighted by atomic mass is 9.97. The molecule has 0 amide bonds. The molecule has 0 radical (unpaired) electrons. The fourth-order valence-corrected chi connectivity index (χ4v) is 8.00. The van der Waals surface area contributed by atoms with Gasteiger partial charge in [0.2, 0.25) is 0 Å². The number of furan rings is 1. The van der Waals surface area contributed by atoms with Crippen molar-refractivity contribution in [1.29, 1.82) is 0 Å². The van der Waals surface area contributed by atoms with E-state index in [0.29, 0.717) is 17.5 Å². The number of hydrogen-bond acceptors (Lipinski definition) is 4. The molecule has 0 aliphatic rings. The number of para-hydroxylation sites is 2. The first-order valence-electron chi connectivity index (χ1n) is 18.8. The zero-order valence-corrected chi connectivity index (χ0v) is 30.2. The van der Waals surface area contributed by atoms with Crippen molar-refractivity contribution in [3.63, 3.8) is 0 Å². The molecule has 0 aliphatic heterocycles. The molecule has 56 heavy (non-hydrogen) atoms. The van der Waals surface area contributed by atoms with Gasteiger partial charge in [-0.05, 0) is 58.7 Å². The normalized spacial score (nSPS) is 11.6. The third-order valence-corrected chi connectivity index (χ3v) is 10.7. The van der Waals surface area contributed by atoms with Gasteiger partial charge in [-0.2, -0.15) is 0 Å². The summed E-state index contributed by atoms with van der Waals surface area (Å²) in [6, 6.07) is 67.3. The van der Waals surface area contributed by atoms with Crippen LogP contribution in [0.1, 0.15) is 0 Å². The highest BCUT2D eigenvalue weighted by Crippen LogP contribution is 2.42. The van der Waals surface area contributed by atoms with Crippen LogP contribution in [0.3, 0.4) is 0 Å². The Morgan fingerprint density at radius 2 is 0.911 bits per heavy atom. The van der Waals surface area contributed by atoms with E-state index in [2.05, 4.69) is 162 Å². The third kappa shape index (κ3) is 5.37. The van der Waals surface area contributed by atoms with Gasteiger partial charge >= 0.3 is 0 Å². The van der Waals surface area contributed by atoms with Crippen molar-refractivity contribution in [3.8, 4) is 62.1 Å². The van der Waals surface area contributed by atoms with Crippen molar-refractivity contribution < 1.29 is 4.42 Å². The first kappa shape index (κ1) is 31.9. The summed E-state index contributed by atoms with van der Waals surface area (Å²) >= 11 is 0. The molecule has 0 fully saturated rings. The van der Waals surface area contributed by atoms with E-state index in [1.165, 1.54) is 16.3 Å². The second kappa shape index (κ2) is 13.0. The monoisotopic (exact) mass is 716 g/mol. The Labute approximate surface area is 322 Å². The second-order valence-corrected chi connectivity index (χ2v) is 14.0. The van der Waals surface area contributed by atoms with Gasteiger partial charge in [0, 0.05) is 50.0 Å². The summed E-state index contributed by atoms with van der Waals surface area (Å²) < 4.78 is 8.94. The van der Waals surface area contributed by atoms with Crippen molar-refractivity contribution in [1.82, 2.24) is 19.5 Å². The first-order valence-corrected chi connectivity index (χ1v) is 18.8.